The second-order valence-corrected chi connectivity index (χ2v) is 5.61. The molecule has 3 rings (SSSR count). The fraction of sp³-hybridized carbons (Fsp3) is 0.154. The van der Waals surface area contributed by atoms with Gasteiger partial charge in [-0.15, -0.1) is 10.2 Å². The van der Waals surface area contributed by atoms with Gasteiger partial charge in [0.15, 0.2) is 16.6 Å². The molecule has 102 valence electrons. The number of hydrogen-bond acceptors (Lipinski definition) is 3. The Hall–Kier alpha value is -1.53. The molecule has 0 N–H and O–H groups in total. The quantitative estimate of drug-likeness (QED) is 0.663. The van der Waals surface area contributed by atoms with E-state index >= 15 is 0 Å². The Morgan fingerprint density at radius 1 is 1.20 bits per heavy atom. The van der Waals surface area contributed by atoms with Gasteiger partial charge in [0.05, 0.1) is 10.0 Å². The van der Waals surface area contributed by atoms with Crippen LogP contribution in [0, 0.1) is 19.7 Å². The van der Waals surface area contributed by atoms with Crippen molar-refractivity contribution >= 4 is 33.2 Å². The second-order valence-electron chi connectivity index (χ2n) is 4.40. The Morgan fingerprint density at radius 2 is 1.95 bits per heavy atom. The van der Waals surface area contributed by atoms with Gasteiger partial charge in [-0.2, -0.15) is 9.61 Å². The Balaban J connectivity index is 2.36. The third-order valence-electron chi connectivity index (χ3n) is 3.23. The first-order chi connectivity index (χ1) is 9.50. The molecule has 0 bridgehead atoms. The standard InChI is InChI=1S/C13H9BrClFN4/c1-6-7(2)12-17-18-13(20(12)19-11(6)15)8-4-3-5-9(14)10(8)16/h3-5H,1-2H3. The zero-order valence-corrected chi connectivity index (χ0v) is 13.0. The molecule has 0 saturated carbocycles. The van der Waals surface area contributed by atoms with Gasteiger partial charge in [-0.3, -0.25) is 0 Å². The van der Waals surface area contributed by atoms with Gasteiger partial charge in [0.1, 0.15) is 5.82 Å². The van der Waals surface area contributed by atoms with Gasteiger partial charge < -0.3 is 0 Å². The minimum absolute atomic E-state index is 0.318. The minimum atomic E-state index is -0.405. The van der Waals surface area contributed by atoms with Crippen molar-refractivity contribution in [3.05, 3.63) is 44.8 Å². The van der Waals surface area contributed by atoms with E-state index in [-0.39, 0.29) is 0 Å². The number of aryl methyl sites for hydroxylation is 1. The normalized spacial score (nSPS) is 11.2. The molecule has 2 aromatic heterocycles. The zero-order valence-electron chi connectivity index (χ0n) is 10.7. The van der Waals surface area contributed by atoms with E-state index in [2.05, 4.69) is 31.2 Å². The van der Waals surface area contributed by atoms with Gasteiger partial charge in [0.25, 0.3) is 0 Å². The lowest BCUT2D eigenvalue weighted by Gasteiger charge is -2.06. The predicted octanol–water partition coefficient (Wildman–Crippen LogP) is 3.96. The number of rotatable bonds is 1. The highest BCUT2D eigenvalue weighted by Crippen LogP contribution is 2.28. The third kappa shape index (κ3) is 1.91. The van der Waals surface area contributed by atoms with Crippen LogP contribution in [0.25, 0.3) is 17.0 Å². The molecule has 3 aromatic rings. The summed E-state index contributed by atoms with van der Waals surface area (Å²) < 4.78 is 16.0. The number of fused-ring (bicyclic) bond motifs is 1. The molecule has 0 aliphatic rings. The summed E-state index contributed by atoms with van der Waals surface area (Å²) in [5.74, 6) is -0.0817. The van der Waals surface area contributed by atoms with E-state index in [9.17, 15) is 4.39 Å². The summed E-state index contributed by atoms with van der Waals surface area (Å²) in [6, 6.07) is 4.98. The highest BCUT2D eigenvalue weighted by atomic mass is 79.9. The number of hydrogen-bond donors (Lipinski definition) is 0. The van der Waals surface area contributed by atoms with Gasteiger partial charge in [0, 0.05) is 5.56 Å². The van der Waals surface area contributed by atoms with Crippen LogP contribution in [0.15, 0.2) is 22.7 Å². The Bertz CT molecular complexity index is 831. The summed E-state index contributed by atoms with van der Waals surface area (Å²) in [4.78, 5) is 0. The fourth-order valence-corrected chi connectivity index (χ4v) is 2.52. The van der Waals surface area contributed by atoms with Crippen molar-refractivity contribution in [1.29, 1.82) is 0 Å². The van der Waals surface area contributed by atoms with E-state index < -0.39 is 5.82 Å². The van der Waals surface area contributed by atoms with Crippen LogP contribution in [-0.4, -0.2) is 19.8 Å². The predicted molar refractivity (Wildman–Crippen MR) is 78.4 cm³/mol. The Morgan fingerprint density at radius 3 is 2.70 bits per heavy atom. The van der Waals surface area contributed by atoms with Crippen LogP contribution < -0.4 is 0 Å². The molecule has 0 amide bonds. The van der Waals surface area contributed by atoms with Crippen LogP contribution in [0.1, 0.15) is 11.1 Å². The largest absolute Gasteiger partial charge is 0.205 e. The van der Waals surface area contributed by atoms with Crippen molar-refractivity contribution in [3.63, 3.8) is 0 Å². The maximum absolute atomic E-state index is 14.2. The van der Waals surface area contributed by atoms with E-state index in [4.69, 9.17) is 11.6 Å². The van der Waals surface area contributed by atoms with Gasteiger partial charge in [0.2, 0.25) is 0 Å². The van der Waals surface area contributed by atoms with E-state index in [1.165, 1.54) is 4.52 Å². The highest BCUT2D eigenvalue weighted by Gasteiger charge is 2.18. The summed E-state index contributed by atoms with van der Waals surface area (Å²) in [5.41, 5.74) is 2.60. The Labute approximate surface area is 127 Å². The highest BCUT2D eigenvalue weighted by molar-refractivity contribution is 9.10. The fourth-order valence-electron chi connectivity index (χ4n) is 1.94. The Kier molecular flexibility index (Phi) is 3.22. The van der Waals surface area contributed by atoms with Crippen LogP contribution in [0.3, 0.4) is 0 Å². The molecule has 0 aliphatic carbocycles. The number of halogens is 3. The second kappa shape index (κ2) is 4.79. The first-order valence-corrected chi connectivity index (χ1v) is 7.00. The van der Waals surface area contributed by atoms with Crippen LogP contribution in [0.2, 0.25) is 5.15 Å². The summed E-state index contributed by atoms with van der Waals surface area (Å²) in [6.07, 6.45) is 0. The van der Waals surface area contributed by atoms with E-state index in [1.54, 1.807) is 18.2 Å². The van der Waals surface area contributed by atoms with E-state index in [0.29, 0.717) is 26.7 Å². The number of aromatic nitrogens is 4. The molecule has 0 unspecified atom stereocenters. The molecule has 2 heterocycles. The molecule has 4 nitrogen and oxygen atoms in total. The maximum atomic E-state index is 14.2. The molecule has 0 spiro atoms. The summed E-state index contributed by atoms with van der Waals surface area (Å²) in [6.45, 7) is 3.74. The van der Waals surface area contributed by atoms with Gasteiger partial charge in [-0.1, -0.05) is 17.7 Å². The van der Waals surface area contributed by atoms with Crippen molar-refractivity contribution in [2.24, 2.45) is 0 Å². The molecule has 0 radical (unpaired) electrons. The lowest BCUT2D eigenvalue weighted by atomic mass is 10.2. The van der Waals surface area contributed by atoms with Gasteiger partial charge in [-0.05, 0) is 47.5 Å². The van der Waals surface area contributed by atoms with E-state index in [1.807, 2.05) is 13.8 Å². The molecule has 0 aliphatic heterocycles. The number of nitrogens with zero attached hydrogens (tertiary/aromatic N) is 4. The van der Waals surface area contributed by atoms with Crippen molar-refractivity contribution < 1.29 is 4.39 Å². The topological polar surface area (TPSA) is 43.1 Å². The average molecular weight is 356 g/mol. The third-order valence-corrected chi connectivity index (χ3v) is 4.20. The van der Waals surface area contributed by atoms with Crippen LogP contribution in [0.4, 0.5) is 4.39 Å². The summed E-state index contributed by atoms with van der Waals surface area (Å²) >= 11 is 9.25. The SMILES string of the molecule is Cc1c(Cl)nn2c(-c3cccc(Br)c3F)nnc2c1C. The summed E-state index contributed by atoms with van der Waals surface area (Å²) in [5, 5.41) is 12.7. The zero-order chi connectivity index (χ0) is 14.4. The lowest BCUT2D eigenvalue weighted by molar-refractivity contribution is 0.622. The van der Waals surface area contributed by atoms with Gasteiger partial charge in [-0.25, -0.2) is 4.39 Å². The molecule has 0 fully saturated rings. The monoisotopic (exact) mass is 354 g/mol. The maximum Gasteiger partial charge on any atom is 0.188 e. The molecule has 0 atom stereocenters. The van der Waals surface area contributed by atoms with Crippen LogP contribution in [-0.2, 0) is 0 Å². The molecule has 7 heteroatoms. The molecule has 1 aromatic carbocycles. The molecule has 20 heavy (non-hydrogen) atoms. The molecular weight excluding hydrogens is 347 g/mol. The smallest absolute Gasteiger partial charge is 0.188 e. The first kappa shape index (κ1) is 13.5. The van der Waals surface area contributed by atoms with Gasteiger partial charge >= 0.3 is 0 Å². The average Bonchev–Trinajstić information content (AvgIpc) is 2.83. The van der Waals surface area contributed by atoms with Crippen LogP contribution in [0.5, 0.6) is 0 Å². The van der Waals surface area contributed by atoms with E-state index in [0.717, 1.165) is 11.1 Å². The molecular formula is C13H9BrClFN4. The summed E-state index contributed by atoms with van der Waals surface area (Å²) in [7, 11) is 0. The lowest BCUT2D eigenvalue weighted by Crippen LogP contribution is -2.01. The first-order valence-electron chi connectivity index (χ1n) is 5.83. The van der Waals surface area contributed by atoms with Crippen LogP contribution >= 0.6 is 27.5 Å². The number of benzene rings is 1. The molecule has 0 saturated heterocycles. The van der Waals surface area contributed by atoms with Crippen molar-refractivity contribution in [1.82, 2.24) is 19.8 Å². The van der Waals surface area contributed by atoms with Crippen molar-refractivity contribution in [3.8, 4) is 11.4 Å². The van der Waals surface area contributed by atoms with Crippen molar-refractivity contribution in [2.75, 3.05) is 0 Å². The minimum Gasteiger partial charge on any atom is -0.205 e. The van der Waals surface area contributed by atoms with Crippen molar-refractivity contribution in [2.45, 2.75) is 13.8 Å².